The predicted octanol–water partition coefficient (Wildman–Crippen LogP) is 1.69. The van der Waals surface area contributed by atoms with Crippen molar-refractivity contribution in [1.82, 2.24) is 0 Å². The van der Waals surface area contributed by atoms with Crippen LogP contribution in [0, 0.1) is 5.82 Å². The number of amides is 1. The van der Waals surface area contributed by atoms with Gasteiger partial charge in [-0.15, -0.1) is 0 Å². The van der Waals surface area contributed by atoms with Crippen LogP contribution in [-0.2, 0) is 4.79 Å². The molecule has 7 heteroatoms. The lowest BCUT2D eigenvalue weighted by Crippen LogP contribution is -2.33. The van der Waals surface area contributed by atoms with Gasteiger partial charge in [0.25, 0.3) is 5.91 Å². The van der Waals surface area contributed by atoms with Crippen LogP contribution in [0.4, 0.5) is 4.39 Å². The highest BCUT2D eigenvalue weighted by Crippen LogP contribution is 2.19. The van der Waals surface area contributed by atoms with Crippen LogP contribution in [0.2, 0.25) is 5.02 Å². The van der Waals surface area contributed by atoms with E-state index in [1.54, 1.807) is 0 Å². The largest absolute Gasteiger partial charge is 0.280 e. The van der Waals surface area contributed by atoms with Crippen LogP contribution in [0.5, 0.6) is 0 Å². The van der Waals surface area contributed by atoms with Gasteiger partial charge in [0.1, 0.15) is 5.82 Å². The first kappa shape index (κ1) is 11.9. The number of halogens is 2. The summed E-state index contributed by atoms with van der Waals surface area (Å²) in [5, 5.41) is 0.332. The predicted molar refractivity (Wildman–Crippen MR) is 71.2 cm³/mol. The van der Waals surface area contributed by atoms with Gasteiger partial charge in [-0.3, -0.25) is 9.79 Å². The van der Waals surface area contributed by atoms with Crippen molar-refractivity contribution >= 4 is 41.6 Å². The minimum Gasteiger partial charge on any atom is -0.270 e. The number of aliphatic imine (C=N–C) groups is 4. The van der Waals surface area contributed by atoms with Gasteiger partial charge >= 0.3 is 0 Å². The molecule has 1 aromatic rings. The fourth-order valence-corrected chi connectivity index (χ4v) is 1.90. The van der Waals surface area contributed by atoms with Crippen molar-refractivity contribution in [1.29, 1.82) is 0 Å². The zero-order valence-electron chi connectivity index (χ0n) is 9.42. The third-order valence-electron chi connectivity index (χ3n) is 2.59. The Hall–Kier alpha value is -2.21. The Balaban J connectivity index is 2.09. The first-order valence-electron chi connectivity index (χ1n) is 5.37. The van der Waals surface area contributed by atoms with Gasteiger partial charge in [0.05, 0.1) is 5.56 Å². The molecule has 0 aromatic heterocycles. The van der Waals surface area contributed by atoms with Gasteiger partial charge in [0.2, 0.25) is 0 Å². The maximum Gasteiger partial charge on any atom is 0.280 e. The Bertz CT molecular complexity index is 693. The van der Waals surface area contributed by atoms with E-state index < -0.39 is 17.8 Å². The molecule has 5 nitrogen and oxygen atoms in total. The molecule has 1 aromatic carbocycles. The van der Waals surface area contributed by atoms with Crippen LogP contribution < -0.4 is 0 Å². The maximum absolute atomic E-state index is 13.7. The van der Waals surface area contributed by atoms with E-state index in [0.717, 1.165) is 0 Å². The molecule has 19 heavy (non-hydrogen) atoms. The summed E-state index contributed by atoms with van der Waals surface area (Å²) in [5.41, 5.74) is 0.0663. The third-order valence-corrected chi connectivity index (χ3v) is 2.83. The number of benzene rings is 1. The van der Waals surface area contributed by atoms with Crippen molar-refractivity contribution in [2.45, 2.75) is 6.04 Å². The molecular weight excluding hydrogens is 271 g/mol. The number of carbonyl (C=O) groups excluding carboxylic acids is 1. The van der Waals surface area contributed by atoms with Gasteiger partial charge in [-0.05, 0) is 18.2 Å². The highest BCUT2D eigenvalue weighted by Gasteiger charge is 2.30. The smallest absolute Gasteiger partial charge is 0.270 e. The molecule has 0 radical (unpaired) electrons. The standard InChI is InChI=1S/C12H6ClFN4O/c13-6-1-2-8(14)7(5-6)10-17-11-9(12(19)18-10)15-3-4-16-11/h1-5,9H. The maximum atomic E-state index is 13.7. The lowest BCUT2D eigenvalue weighted by molar-refractivity contribution is -0.117. The minimum atomic E-state index is -0.823. The highest BCUT2D eigenvalue weighted by molar-refractivity contribution is 6.32. The summed E-state index contributed by atoms with van der Waals surface area (Å²) in [6.45, 7) is 0. The van der Waals surface area contributed by atoms with Gasteiger partial charge in [-0.1, -0.05) is 11.6 Å². The fourth-order valence-electron chi connectivity index (χ4n) is 1.72. The van der Waals surface area contributed by atoms with E-state index in [-0.39, 0.29) is 17.2 Å². The van der Waals surface area contributed by atoms with E-state index in [1.807, 2.05) is 0 Å². The SMILES string of the molecule is O=C1N=C(c2cc(Cl)ccc2F)N=C2N=CC=NC12. The zero-order valence-corrected chi connectivity index (χ0v) is 10.2. The molecule has 94 valence electrons. The van der Waals surface area contributed by atoms with Crippen molar-refractivity contribution in [3.63, 3.8) is 0 Å². The molecule has 2 heterocycles. The Morgan fingerprint density at radius 2 is 2.05 bits per heavy atom. The van der Waals surface area contributed by atoms with E-state index >= 15 is 0 Å². The first-order chi connectivity index (χ1) is 9.15. The van der Waals surface area contributed by atoms with Crippen LogP contribution in [0.3, 0.4) is 0 Å². The summed E-state index contributed by atoms with van der Waals surface area (Å²) in [6.07, 6.45) is 2.82. The van der Waals surface area contributed by atoms with Gasteiger partial charge in [0.15, 0.2) is 17.7 Å². The fraction of sp³-hybridized carbons (Fsp3) is 0.0833. The average Bonchev–Trinajstić information content (AvgIpc) is 2.41. The number of hydrogen-bond acceptors (Lipinski definition) is 4. The van der Waals surface area contributed by atoms with Crippen LogP contribution in [0.15, 0.2) is 38.2 Å². The molecule has 0 fully saturated rings. The molecule has 0 saturated carbocycles. The van der Waals surface area contributed by atoms with E-state index in [9.17, 15) is 9.18 Å². The molecule has 1 atom stereocenters. The molecule has 0 bridgehead atoms. The molecule has 3 rings (SSSR count). The number of fused-ring (bicyclic) bond motifs is 1. The summed E-state index contributed by atoms with van der Waals surface area (Å²) in [6, 6.07) is 3.14. The summed E-state index contributed by atoms with van der Waals surface area (Å²) in [5.74, 6) is -0.906. The second kappa shape index (κ2) is 4.47. The molecule has 1 amide bonds. The molecule has 2 aliphatic heterocycles. The van der Waals surface area contributed by atoms with Crippen LogP contribution >= 0.6 is 11.6 Å². The van der Waals surface area contributed by atoms with Crippen molar-refractivity contribution in [3.05, 3.63) is 34.6 Å². The average molecular weight is 277 g/mol. The van der Waals surface area contributed by atoms with E-state index in [2.05, 4.69) is 20.0 Å². The van der Waals surface area contributed by atoms with E-state index in [1.165, 1.54) is 30.6 Å². The minimum absolute atomic E-state index is 0.0366. The zero-order chi connectivity index (χ0) is 13.4. The number of nitrogens with zero attached hydrogens (tertiary/aromatic N) is 4. The number of hydrogen-bond donors (Lipinski definition) is 0. The summed E-state index contributed by atoms with van der Waals surface area (Å²) >= 11 is 5.80. The Kier molecular flexibility index (Phi) is 2.79. The summed E-state index contributed by atoms with van der Waals surface area (Å²) in [4.78, 5) is 27.5. The van der Waals surface area contributed by atoms with Crippen LogP contribution in [0.1, 0.15) is 5.56 Å². The van der Waals surface area contributed by atoms with Crippen LogP contribution in [0.25, 0.3) is 0 Å². The summed E-state index contributed by atoms with van der Waals surface area (Å²) < 4.78 is 13.7. The molecule has 0 aliphatic carbocycles. The van der Waals surface area contributed by atoms with Gasteiger partial charge in [0, 0.05) is 17.5 Å². The highest BCUT2D eigenvalue weighted by atomic mass is 35.5. The van der Waals surface area contributed by atoms with Crippen molar-refractivity contribution in [2.75, 3.05) is 0 Å². The van der Waals surface area contributed by atoms with Gasteiger partial charge < -0.3 is 0 Å². The third kappa shape index (κ3) is 2.10. The lowest BCUT2D eigenvalue weighted by Gasteiger charge is -2.16. The van der Waals surface area contributed by atoms with Gasteiger partial charge in [-0.2, -0.15) is 4.99 Å². The normalized spacial score (nSPS) is 20.9. The number of rotatable bonds is 1. The number of carbonyl (C=O) groups is 1. The Morgan fingerprint density at radius 1 is 1.21 bits per heavy atom. The Labute approximate surface area is 112 Å². The monoisotopic (exact) mass is 276 g/mol. The van der Waals surface area contributed by atoms with E-state index in [0.29, 0.717) is 5.02 Å². The molecular formula is C12H6ClFN4O. The molecule has 1 unspecified atom stereocenters. The van der Waals surface area contributed by atoms with Crippen molar-refractivity contribution in [2.24, 2.45) is 20.0 Å². The second-order valence-corrected chi connectivity index (χ2v) is 4.28. The Morgan fingerprint density at radius 3 is 2.89 bits per heavy atom. The second-order valence-electron chi connectivity index (χ2n) is 3.85. The van der Waals surface area contributed by atoms with Crippen molar-refractivity contribution < 1.29 is 9.18 Å². The number of amidine groups is 2. The molecule has 0 spiro atoms. The first-order valence-corrected chi connectivity index (χ1v) is 5.75. The lowest BCUT2D eigenvalue weighted by atomic mass is 10.1. The van der Waals surface area contributed by atoms with Gasteiger partial charge in [-0.25, -0.2) is 14.4 Å². The van der Waals surface area contributed by atoms with E-state index in [4.69, 9.17) is 11.6 Å². The molecule has 0 N–H and O–H groups in total. The molecule has 2 aliphatic rings. The van der Waals surface area contributed by atoms with Crippen LogP contribution in [-0.4, -0.2) is 36.0 Å². The quantitative estimate of drug-likeness (QED) is 0.770. The molecule has 0 saturated heterocycles. The van der Waals surface area contributed by atoms with Crippen molar-refractivity contribution in [3.8, 4) is 0 Å². The summed E-state index contributed by atoms with van der Waals surface area (Å²) in [7, 11) is 0. The topological polar surface area (TPSA) is 66.5 Å².